The number of Topliss-reactive ketones (excluding diaryl/α,β-unsaturated/α-hetero) is 1. The Bertz CT molecular complexity index is 1400. The molecule has 0 unspecified atom stereocenters. The highest BCUT2D eigenvalue weighted by Crippen LogP contribution is 2.53. The molecule has 3 atom stereocenters. The molecule has 2 aromatic carbocycles. The van der Waals surface area contributed by atoms with E-state index >= 15 is 0 Å². The van der Waals surface area contributed by atoms with Gasteiger partial charge in [-0.3, -0.25) is 18.4 Å². The third-order valence-electron chi connectivity index (χ3n) is 10.3. The molecular formula is C37H55F6O6PSi2. The minimum atomic E-state index is -5.13. The Morgan fingerprint density at radius 2 is 1.19 bits per heavy atom. The minimum Gasteiger partial charge on any atom is -0.413 e. The average molecular weight is 797 g/mol. The molecule has 294 valence electrons. The molecule has 0 aliphatic heterocycles. The summed E-state index contributed by atoms with van der Waals surface area (Å²) in [6.07, 6.45) is -11.4. The largest absolute Gasteiger partial charge is 0.413 e. The molecular weight excluding hydrogens is 742 g/mol. The standard InChI is InChI=1S/C37H55F6O6PSi2/c1-26(2)51(27(3)4,28(5)6)49-34-20-29(33(34)21-30(44)23-50(45,46-24-36(38,39)40)47-25-37(41,42)43)22-48-52(35(7,8)9,31-16-12-10-13-17-31)32-18-14-11-15-19-32/h10-19,26-29,33-34H,20-25H2,1-9H3/t29-,33+,34-/m0/s1. The zero-order valence-corrected chi connectivity index (χ0v) is 34.5. The fourth-order valence-electron chi connectivity index (χ4n) is 8.06. The summed E-state index contributed by atoms with van der Waals surface area (Å²) in [6.45, 7) is 15.2. The molecule has 0 aromatic heterocycles. The SMILES string of the molecule is CC(C)[Si](O[C@H]1C[C@@H](CO[Si](c2ccccc2)(c2ccccc2)C(C)(C)C)[C@H]1CC(=O)CP(=O)(OCC(F)(F)F)OCC(F)(F)F)(C(C)C)C(C)C. The van der Waals surface area contributed by atoms with Crippen LogP contribution >= 0.6 is 7.60 Å². The van der Waals surface area contributed by atoms with E-state index < -0.39 is 73.8 Å². The van der Waals surface area contributed by atoms with Gasteiger partial charge in [0.15, 0.2) is 13.2 Å². The van der Waals surface area contributed by atoms with Crippen LogP contribution in [0, 0.1) is 11.8 Å². The predicted molar refractivity (Wildman–Crippen MR) is 197 cm³/mol. The summed E-state index contributed by atoms with van der Waals surface area (Å²) in [4.78, 5) is 13.6. The van der Waals surface area contributed by atoms with Crippen LogP contribution in [0.5, 0.6) is 0 Å². The molecule has 0 saturated heterocycles. The van der Waals surface area contributed by atoms with Gasteiger partial charge in [0.25, 0.3) is 8.32 Å². The molecule has 0 spiro atoms. The van der Waals surface area contributed by atoms with Crippen molar-refractivity contribution in [3.63, 3.8) is 0 Å². The predicted octanol–water partition coefficient (Wildman–Crippen LogP) is 10.1. The minimum absolute atomic E-state index is 0.211. The molecule has 0 amide bonds. The van der Waals surface area contributed by atoms with E-state index in [0.717, 1.165) is 10.4 Å². The maximum absolute atomic E-state index is 13.6. The highest BCUT2D eigenvalue weighted by molar-refractivity contribution is 7.54. The average Bonchev–Trinajstić information content (AvgIpc) is 3.02. The van der Waals surface area contributed by atoms with Crippen molar-refractivity contribution in [1.29, 1.82) is 0 Å². The van der Waals surface area contributed by atoms with Gasteiger partial charge in [-0.25, -0.2) is 0 Å². The van der Waals surface area contributed by atoms with Gasteiger partial charge in [0, 0.05) is 19.1 Å². The normalized spacial score (nSPS) is 19.4. The lowest BCUT2D eigenvalue weighted by Gasteiger charge is -2.53. The number of benzene rings is 2. The third-order valence-corrected chi connectivity index (χ3v) is 23.2. The second-order valence-corrected chi connectivity index (χ2v) is 27.7. The van der Waals surface area contributed by atoms with Crippen molar-refractivity contribution in [3.05, 3.63) is 60.7 Å². The van der Waals surface area contributed by atoms with Crippen LogP contribution < -0.4 is 10.4 Å². The fourth-order valence-corrected chi connectivity index (χ4v) is 19.8. The number of carbonyl (C=O) groups excluding carboxylic acids is 1. The Hall–Kier alpha value is -1.81. The second kappa shape index (κ2) is 17.3. The topological polar surface area (TPSA) is 71.1 Å². The van der Waals surface area contributed by atoms with Crippen LogP contribution in [-0.2, 0) is 27.3 Å². The van der Waals surface area contributed by atoms with E-state index in [4.69, 9.17) is 8.85 Å². The Balaban J connectivity index is 2.01. The molecule has 6 nitrogen and oxygen atoms in total. The van der Waals surface area contributed by atoms with Crippen molar-refractivity contribution >= 4 is 40.4 Å². The molecule has 0 bridgehead atoms. The zero-order chi connectivity index (χ0) is 39.3. The van der Waals surface area contributed by atoms with Gasteiger partial charge < -0.3 is 8.85 Å². The quantitative estimate of drug-likeness (QED) is 0.0850. The van der Waals surface area contributed by atoms with Crippen molar-refractivity contribution in [2.24, 2.45) is 11.8 Å². The van der Waals surface area contributed by atoms with Crippen LogP contribution in [0.25, 0.3) is 0 Å². The summed E-state index contributed by atoms with van der Waals surface area (Å²) < 4.78 is 114. The van der Waals surface area contributed by atoms with E-state index in [-0.39, 0.29) is 40.6 Å². The Morgan fingerprint density at radius 3 is 1.56 bits per heavy atom. The zero-order valence-electron chi connectivity index (χ0n) is 31.6. The van der Waals surface area contributed by atoms with Crippen molar-refractivity contribution in [2.75, 3.05) is 26.0 Å². The third kappa shape index (κ3) is 10.9. The van der Waals surface area contributed by atoms with E-state index in [2.05, 4.69) is 95.6 Å². The number of hydrogen-bond acceptors (Lipinski definition) is 6. The maximum Gasteiger partial charge on any atom is 0.412 e. The molecule has 2 aromatic rings. The molecule has 0 heterocycles. The van der Waals surface area contributed by atoms with Crippen molar-refractivity contribution < 1.29 is 53.6 Å². The summed E-state index contributed by atoms with van der Waals surface area (Å²) in [5.74, 6) is -1.56. The van der Waals surface area contributed by atoms with Crippen molar-refractivity contribution in [3.8, 4) is 0 Å². The van der Waals surface area contributed by atoms with Crippen LogP contribution in [0.3, 0.4) is 0 Å². The fraction of sp³-hybridized carbons (Fsp3) is 0.649. The molecule has 1 aliphatic carbocycles. The molecule has 0 N–H and O–H groups in total. The summed E-state index contributed by atoms with van der Waals surface area (Å²) in [5.41, 5.74) is 0.633. The molecule has 1 aliphatic rings. The molecule has 0 radical (unpaired) electrons. The number of rotatable bonds is 18. The Kier molecular flexibility index (Phi) is 14.9. The van der Waals surface area contributed by atoms with Gasteiger partial charge in [0.1, 0.15) is 11.9 Å². The number of hydrogen-bond donors (Lipinski definition) is 0. The van der Waals surface area contributed by atoms with Crippen LogP contribution in [0.4, 0.5) is 26.3 Å². The molecule has 15 heteroatoms. The van der Waals surface area contributed by atoms with Crippen LogP contribution in [-0.4, -0.2) is 66.9 Å². The summed E-state index contributed by atoms with van der Waals surface area (Å²) in [6, 6.07) is 20.0. The summed E-state index contributed by atoms with van der Waals surface area (Å²) in [5, 5.41) is 1.78. The van der Waals surface area contributed by atoms with Gasteiger partial charge >= 0.3 is 19.9 Å². The van der Waals surface area contributed by atoms with Crippen molar-refractivity contribution in [1.82, 2.24) is 0 Å². The number of alkyl halides is 6. The number of carbonyl (C=O) groups is 1. The molecule has 1 fully saturated rings. The van der Waals surface area contributed by atoms with E-state index in [1.807, 2.05) is 36.4 Å². The first-order valence-electron chi connectivity index (χ1n) is 17.8. The van der Waals surface area contributed by atoms with E-state index in [9.17, 15) is 35.7 Å². The Labute approximate surface area is 307 Å². The van der Waals surface area contributed by atoms with Crippen molar-refractivity contribution in [2.45, 2.75) is 115 Å². The monoisotopic (exact) mass is 796 g/mol. The van der Waals surface area contributed by atoms with E-state index in [1.54, 1.807) is 0 Å². The van der Waals surface area contributed by atoms with Gasteiger partial charge in [-0.15, -0.1) is 0 Å². The van der Waals surface area contributed by atoms with Gasteiger partial charge in [-0.05, 0) is 50.3 Å². The summed E-state index contributed by atoms with van der Waals surface area (Å²) in [7, 11) is -10.6. The van der Waals surface area contributed by atoms with Gasteiger partial charge in [-0.1, -0.05) is 123 Å². The van der Waals surface area contributed by atoms with Gasteiger partial charge in [0.05, 0.1) is 0 Å². The van der Waals surface area contributed by atoms with Crippen LogP contribution in [0.1, 0.15) is 75.2 Å². The number of halogens is 6. The molecule has 3 rings (SSSR count). The highest BCUT2D eigenvalue weighted by atomic mass is 31.2. The smallest absolute Gasteiger partial charge is 0.412 e. The Morgan fingerprint density at radius 1 is 0.769 bits per heavy atom. The first kappa shape index (κ1) is 44.6. The highest BCUT2D eigenvalue weighted by Gasteiger charge is 2.55. The lowest BCUT2D eigenvalue weighted by atomic mass is 9.69. The van der Waals surface area contributed by atoms with E-state index in [0.29, 0.717) is 6.42 Å². The molecule has 52 heavy (non-hydrogen) atoms. The maximum atomic E-state index is 13.6. The first-order chi connectivity index (χ1) is 23.9. The van der Waals surface area contributed by atoms with Gasteiger partial charge in [-0.2, -0.15) is 26.3 Å². The molecule has 1 saturated carbocycles. The summed E-state index contributed by atoms with van der Waals surface area (Å²) >= 11 is 0. The van der Waals surface area contributed by atoms with Crippen LogP contribution in [0.15, 0.2) is 60.7 Å². The van der Waals surface area contributed by atoms with E-state index in [1.165, 1.54) is 0 Å². The number of ketones is 1. The van der Waals surface area contributed by atoms with Crippen LogP contribution in [0.2, 0.25) is 21.7 Å². The first-order valence-corrected chi connectivity index (χ1v) is 23.6. The lowest BCUT2D eigenvalue weighted by molar-refractivity contribution is -0.165. The lowest BCUT2D eigenvalue weighted by Crippen LogP contribution is -2.67. The van der Waals surface area contributed by atoms with Gasteiger partial charge in [0.2, 0.25) is 8.32 Å². The second-order valence-electron chi connectivity index (χ2n) is 15.9.